The molecule has 0 aliphatic carbocycles. The van der Waals surface area contributed by atoms with Crippen LogP contribution in [-0.2, 0) is 18.8 Å². The van der Waals surface area contributed by atoms with E-state index in [1.54, 1.807) is 0 Å². The van der Waals surface area contributed by atoms with Gasteiger partial charge >= 0.3 is 7.12 Å². The molecule has 0 saturated carbocycles. The Bertz CT molecular complexity index is 3760. The van der Waals surface area contributed by atoms with E-state index in [2.05, 4.69) is 207 Å². The van der Waals surface area contributed by atoms with E-state index >= 15 is 0 Å². The number of thioether (sulfide) groups is 2. The van der Waals surface area contributed by atoms with Crippen LogP contribution in [0.2, 0.25) is 0 Å². The second-order valence-corrected chi connectivity index (χ2v) is 28.1. The number of ether oxygens (including phenoxy) is 2. The van der Waals surface area contributed by atoms with Crippen LogP contribution in [0.1, 0.15) is 297 Å². The molecule has 3 aliphatic heterocycles. The molecule has 130 heavy (non-hydrogen) atoms. The number of pyridine rings is 1. The molecule has 12 aromatic rings. The summed E-state index contributed by atoms with van der Waals surface area (Å²) in [7, 11) is 28.3. The van der Waals surface area contributed by atoms with Gasteiger partial charge in [0.05, 0.1) is 23.5 Å². The SMILES string of the molecule is C.C.C.C.C.C.C.C.C.C.CC.CC.CC.CC.CC.CC.CC.CC.CC.CC.[B]c1ccc(-c2ccc(-c3ccc(C)cc3)nc2)cc1.[B]c1ccc(-c2cnc(-c3ccc(C)cc3)nc2)cc1.[B]c1ccc(C2COB(c3ccc(C)cc3)OC2)cc1.[B]c1ccc(C2COC(c3ccc(C)cc3)OC2)cc1.[B]c1ccc(C2CSC(c3ccc(C)cc3)SC2)cc1. The van der Waals surface area contributed by atoms with E-state index in [4.69, 9.17) is 58.0 Å². The summed E-state index contributed by atoms with van der Waals surface area (Å²) >= 11 is 4.12. The van der Waals surface area contributed by atoms with Crippen molar-refractivity contribution in [1.82, 2.24) is 15.0 Å². The standard InChI is InChI=1S/C18H14BN.C17H13BN2.C17H17BO2.C17H17BS2.C16H16B2O2.10C2H6.10CH4/c1-13-2-4-15(5-3-13)18-11-8-16(12-20-18)14-6-9-17(19)10-7-14;3*1-12-2-4-14(5-3-12)17-19-10-15(11-20-17)13-6-8-16(18)9-7-13;1-12-2-8-16(9-3-12)18-19-10-14(11-20-18)13-4-6-15(17)7-5-13;10*1-2;;;;;;;;;;/h2-12H,1H3;2-11H,1H3;2*2-9,15,17H,10-11H2,1H3;2-9,14H,10-11H2,1H3;10*1-2H3;10*1H4. The van der Waals surface area contributed by atoms with Gasteiger partial charge in [-0.05, 0) is 79.5 Å². The first-order valence-corrected chi connectivity index (χ1v) is 45.8. The largest absolute Gasteiger partial charge is 0.493 e. The van der Waals surface area contributed by atoms with Gasteiger partial charge in [0.2, 0.25) is 0 Å². The molecule has 0 spiro atoms. The highest BCUT2D eigenvalue weighted by Crippen LogP contribution is 2.48. The van der Waals surface area contributed by atoms with E-state index in [0.717, 1.165) is 83.2 Å². The van der Waals surface area contributed by atoms with Gasteiger partial charge in [0.25, 0.3) is 0 Å². The fraction of sp³-hybridized carbons (Fsp3) is 0.400. The minimum atomic E-state index is -0.249. The van der Waals surface area contributed by atoms with Crippen molar-refractivity contribution in [3.05, 3.63) is 329 Å². The van der Waals surface area contributed by atoms with Gasteiger partial charge < -0.3 is 18.8 Å². The summed E-state index contributed by atoms with van der Waals surface area (Å²) in [5, 5.41) is 0. The second-order valence-electron chi connectivity index (χ2n) is 25.5. The minimum Gasteiger partial charge on any atom is -0.407 e. The Morgan fingerprint density at radius 2 is 0.508 bits per heavy atom. The zero-order valence-electron chi connectivity index (χ0n) is 77.4. The van der Waals surface area contributed by atoms with Crippen LogP contribution in [0, 0.1) is 34.6 Å². The van der Waals surface area contributed by atoms with Crippen LogP contribution in [0.15, 0.2) is 273 Å². The molecule has 0 unspecified atom stereocenters. The molecule has 0 bridgehead atoms. The lowest BCUT2D eigenvalue weighted by Crippen LogP contribution is -2.43. The summed E-state index contributed by atoms with van der Waals surface area (Å²) in [4.78, 5) is 13.4. The van der Waals surface area contributed by atoms with E-state index < -0.39 is 0 Å². The highest BCUT2D eigenvalue weighted by atomic mass is 32.2. The van der Waals surface area contributed by atoms with Crippen LogP contribution in [0.3, 0.4) is 0 Å². The maximum absolute atomic E-state index is 5.85. The normalized spacial score (nSPS) is 13.2. The summed E-state index contributed by atoms with van der Waals surface area (Å²) in [6, 6.07) is 86.0. The lowest BCUT2D eigenvalue weighted by molar-refractivity contribution is -0.191. The molecule has 0 atom stereocenters. The van der Waals surface area contributed by atoms with Gasteiger partial charge in [-0.2, -0.15) is 0 Å². The predicted octanol–water partition coefficient (Wildman–Crippen LogP) is 31.0. The Morgan fingerprint density at radius 3 is 0.838 bits per heavy atom. The van der Waals surface area contributed by atoms with Crippen LogP contribution in [0.5, 0.6) is 0 Å². The lowest BCUT2D eigenvalue weighted by Gasteiger charge is -2.30. The number of nitrogens with zero attached hydrogens (tertiary/aromatic N) is 3. The fourth-order valence-electron chi connectivity index (χ4n) is 11.3. The zero-order chi connectivity index (χ0) is 89.7. The van der Waals surface area contributed by atoms with Gasteiger partial charge in [-0.1, -0.05) is 517 Å². The van der Waals surface area contributed by atoms with Crippen molar-refractivity contribution >= 4 is 103 Å². The Kier molecular flexibility index (Phi) is 93.6. The van der Waals surface area contributed by atoms with Gasteiger partial charge in [0, 0.05) is 88.9 Å². The molecule has 706 valence electrons. The highest BCUT2D eigenvalue weighted by molar-refractivity contribution is 8.17. The molecule has 7 nitrogen and oxygen atoms in total. The van der Waals surface area contributed by atoms with E-state index in [0.29, 0.717) is 36.9 Å². The van der Waals surface area contributed by atoms with Crippen molar-refractivity contribution < 1.29 is 18.8 Å². The molecule has 15 rings (SSSR count). The topological polar surface area (TPSA) is 75.6 Å². The number of hydrogen-bond donors (Lipinski definition) is 0. The maximum Gasteiger partial charge on any atom is 0.493 e. The van der Waals surface area contributed by atoms with Gasteiger partial charge in [-0.3, -0.25) is 4.98 Å². The monoisotopic (exact) mass is 1790 g/mol. The van der Waals surface area contributed by atoms with E-state index in [9.17, 15) is 0 Å². The molecule has 0 amide bonds. The van der Waals surface area contributed by atoms with Crippen molar-refractivity contribution in [3.8, 4) is 44.9 Å². The molecule has 3 saturated heterocycles. The number of aromatic nitrogens is 3. The maximum atomic E-state index is 5.85. The molecule has 15 heteroatoms. The first kappa shape index (κ1) is 142. The third-order valence-electron chi connectivity index (χ3n) is 17.5. The van der Waals surface area contributed by atoms with Crippen LogP contribution in [0.4, 0.5) is 0 Å². The van der Waals surface area contributed by atoms with E-state index in [1.165, 1.54) is 61.6 Å². The van der Waals surface area contributed by atoms with Crippen LogP contribution >= 0.6 is 23.5 Å². The van der Waals surface area contributed by atoms with Gasteiger partial charge in [0.15, 0.2) is 12.1 Å². The molecular formula is C115H177B6N3O4S2. The summed E-state index contributed by atoms with van der Waals surface area (Å²) in [6.45, 7) is 53.1. The summed E-state index contributed by atoms with van der Waals surface area (Å²) in [5.74, 6) is 4.32. The number of aryl methyl sites for hydroxylation is 5. The van der Waals surface area contributed by atoms with Crippen molar-refractivity contribution in [1.29, 1.82) is 0 Å². The summed E-state index contributed by atoms with van der Waals surface area (Å²) in [6.07, 6.45) is 5.34. The van der Waals surface area contributed by atoms with E-state index in [-0.39, 0.29) is 99.5 Å². The fourth-order valence-corrected chi connectivity index (χ4v) is 14.4. The molecule has 3 aliphatic rings. The first-order valence-electron chi connectivity index (χ1n) is 43.7. The van der Waals surface area contributed by atoms with Crippen molar-refractivity contribution in [3.63, 3.8) is 0 Å². The molecule has 10 aromatic carbocycles. The van der Waals surface area contributed by atoms with Crippen molar-refractivity contribution in [2.24, 2.45) is 0 Å². The average Bonchev–Trinajstić information content (AvgIpc) is 0.855. The molecule has 5 heterocycles. The number of benzene rings is 10. The molecule has 0 N–H and O–H groups in total. The predicted molar refractivity (Wildman–Crippen MR) is 606 cm³/mol. The quantitative estimate of drug-likeness (QED) is 0.124. The van der Waals surface area contributed by atoms with Crippen molar-refractivity contribution in [2.45, 2.75) is 276 Å². The van der Waals surface area contributed by atoms with E-state index in [1.807, 2.05) is 278 Å². The summed E-state index contributed by atoms with van der Waals surface area (Å²) in [5.41, 5.74) is 25.1. The lowest BCUT2D eigenvalue weighted by atomic mass is 9.77. The van der Waals surface area contributed by atoms with Crippen LogP contribution in [0.25, 0.3) is 44.9 Å². The molecule has 10 radical (unpaired) electrons. The third kappa shape index (κ3) is 50.8. The number of hydrogen-bond acceptors (Lipinski definition) is 9. The van der Waals surface area contributed by atoms with Gasteiger partial charge in [-0.25, -0.2) is 9.97 Å². The molecule has 2 aromatic heterocycles. The zero-order valence-corrected chi connectivity index (χ0v) is 79.0. The van der Waals surface area contributed by atoms with Gasteiger partial charge in [-0.15, -0.1) is 23.5 Å². The Balaban J connectivity index is -0.000000162. The second kappa shape index (κ2) is 85.8. The summed E-state index contributed by atoms with van der Waals surface area (Å²) < 4.78 is 24.0. The van der Waals surface area contributed by atoms with Crippen molar-refractivity contribution in [2.75, 3.05) is 37.9 Å². The third-order valence-corrected chi connectivity index (χ3v) is 20.7. The minimum absolute atomic E-state index is 0. The molecule has 3 fully saturated rings. The smallest absolute Gasteiger partial charge is 0.407 e. The first-order chi connectivity index (χ1) is 58.6. The van der Waals surface area contributed by atoms with Gasteiger partial charge in [0.1, 0.15) is 39.2 Å². The number of rotatable bonds is 10. The molecular weight excluding hydrogens is 1620 g/mol. The Labute approximate surface area is 818 Å². The van der Waals surface area contributed by atoms with Crippen LogP contribution in [-0.4, -0.2) is 99.2 Å². The van der Waals surface area contributed by atoms with Crippen LogP contribution < -0.4 is 32.8 Å². The average molecular weight is 1790 g/mol. The highest BCUT2D eigenvalue weighted by Gasteiger charge is 2.30. The Hall–Kier alpha value is -8.64. The Morgan fingerprint density at radius 1 is 0.254 bits per heavy atom.